The first-order valence-corrected chi connectivity index (χ1v) is 18.3. The summed E-state index contributed by atoms with van der Waals surface area (Å²) in [4.78, 5) is 26.7. The standard InChI is InChI=1S/C36H71NO5/c1-4-7-10-12-15-19-25-34(26-20-16-13-11-8-5-2)42-36(40)27-21-17-14-18-22-29-37(31-32-38)30-24-28-35(39)41-33-23-9-6-3/h34,38H,4-33H2,1-3H3. The lowest BCUT2D eigenvalue weighted by Crippen LogP contribution is -2.29. The monoisotopic (exact) mass is 598 g/mol. The normalized spacial score (nSPS) is 11.5. The highest BCUT2D eigenvalue weighted by Crippen LogP contribution is 2.18. The van der Waals surface area contributed by atoms with Crippen molar-refractivity contribution in [1.29, 1.82) is 0 Å². The van der Waals surface area contributed by atoms with Crippen LogP contribution in [0.15, 0.2) is 0 Å². The van der Waals surface area contributed by atoms with Gasteiger partial charge in [-0.05, 0) is 64.5 Å². The van der Waals surface area contributed by atoms with Gasteiger partial charge in [-0.2, -0.15) is 0 Å². The number of rotatable bonds is 33. The molecule has 0 aliphatic rings. The number of esters is 2. The Balaban J connectivity index is 4.09. The van der Waals surface area contributed by atoms with E-state index in [4.69, 9.17) is 9.47 Å². The van der Waals surface area contributed by atoms with Crippen LogP contribution in [0.3, 0.4) is 0 Å². The van der Waals surface area contributed by atoms with Gasteiger partial charge in [-0.25, -0.2) is 0 Å². The zero-order valence-electron chi connectivity index (χ0n) is 28.3. The Kier molecular flexibility index (Phi) is 31.9. The Bertz CT molecular complexity index is 569. The summed E-state index contributed by atoms with van der Waals surface area (Å²) in [6.07, 6.45) is 27.7. The molecule has 0 aromatic rings. The lowest BCUT2D eigenvalue weighted by molar-refractivity contribution is -0.150. The fraction of sp³-hybridized carbons (Fsp3) is 0.944. The molecule has 0 aromatic carbocycles. The molecule has 250 valence electrons. The first-order valence-electron chi connectivity index (χ1n) is 18.3. The number of hydrogen-bond donors (Lipinski definition) is 1. The third kappa shape index (κ3) is 29.0. The summed E-state index contributed by atoms with van der Waals surface area (Å²) in [6.45, 7) is 9.72. The summed E-state index contributed by atoms with van der Waals surface area (Å²) in [5.74, 6) is -0.111. The molecule has 0 atom stereocenters. The highest BCUT2D eigenvalue weighted by Gasteiger charge is 2.14. The van der Waals surface area contributed by atoms with Crippen molar-refractivity contribution in [1.82, 2.24) is 4.90 Å². The third-order valence-corrected chi connectivity index (χ3v) is 8.20. The van der Waals surface area contributed by atoms with Crippen LogP contribution in [0.1, 0.15) is 181 Å². The molecule has 0 rings (SSSR count). The van der Waals surface area contributed by atoms with E-state index in [1.54, 1.807) is 0 Å². The van der Waals surface area contributed by atoms with Gasteiger partial charge in [0.1, 0.15) is 6.10 Å². The maximum absolute atomic E-state index is 12.6. The Morgan fingerprint density at radius 1 is 0.548 bits per heavy atom. The van der Waals surface area contributed by atoms with Crippen molar-refractivity contribution in [2.45, 2.75) is 187 Å². The SMILES string of the molecule is CCCCCCCCC(CCCCCCCC)OC(=O)CCCCCCCN(CCO)CCCC(=O)OCCCCC. The largest absolute Gasteiger partial charge is 0.466 e. The topological polar surface area (TPSA) is 76.1 Å². The number of aliphatic hydroxyl groups excluding tert-OH is 1. The zero-order valence-corrected chi connectivity index (χ0v) is 28.3. The number of nitrogens with zero attached hydrogens (tertiary/aromatic N) is 1. The fourth-order valence-electron chi connectivity index (χ4n) is 5.48. The first kappa shape index (κ1) is 40.9. The maximum atomic E-state index is 12.6. The van der Waals surface area contributed by atoms with Gasteiger partial charge in [-0.15, -0.1) is 0 Å². The van der Waals surface area contributed by atoms with Gasteiger partial charge in [0.2, 0.25) is 0 Å². The molecule has 42 heavy (non-hydrogen) atoms. The molecule has 0 saturated heterocycles. The maximum Gasteiger partial charge on any atom is 0.306 e. The molecule has 0 bridgehead atoms. The molecule has 0 amide bonds. The van der Waals surface area contributed by atoms with Crippen LogP contribution in [0, 0.1) is 0 Å². The second-order valence-electron chi connectivity index (χ2n) is 12.3. The van der Waals surface area contributed by atoms with Crippen molar-refractivity contribution in [3.05, 3.63) is 0 Å². The smallest absolute Gasteiger partial charge is 0.306 e. The Morgan fingerprint density at radius 3 is 1.62 bits per heavy atom. The van der Waals surface area contributed by atoms with Gasteiger partial charge < -0.3 is 19.5 Å². The Hall–Kier alpha value is -1.14. The lowest BCUT2D eigenvalue weighted by Gasteiger charge is -2.21. The molecule has 6 heteroatoms. The van der Waals surface area contributed by atoms with Crippen molar-refractivity contribution < 1.29 is 24.2 Å². The number of carbonyl (C=O) groups is 2. The summed E-state index contributed by atoms with van der Waals surface area (Å²) in [5.41, 5.74) is 0. The minimum atomic E-state index is -0.107. The summed E-state index contributed by atoms with van der Waals surface area (Å²) in [6, 6.07) is 0. The minimum Gasteiger partial charge on any atom is -0.466 e. The average molecular weight is 598 g/mol. The van der Waals surface area contributed by atoms with Gasteiger partial charge in [0.25, 0.3) is 0 Å². The van der Waals surface area contributed by atoms with Crippen LogP contribution in [0.2, 0.25) is 0 Å². The van der Waals surface area contributed by atoms with Crippen LogP contribution in [-0.2, 0) is 19.1 Å². The molecule has 0 aromatic heterocycles. The summed E-state index contributed by atoms with van der Waals surface area (Å²) in [5, 5.41) is 9.40. The summed E-state index contributed by atoms with van der Waals surface area (Å²) < 4.78 is 11.3. The van der Waals surface area contributed by atoms with Crippen LogP contribution < -0.4 is 0 Å². The number of unbranched alkanes of at least 4 members (excludes halogenated alkanes) is 16. The van der Waals surface area contributed by atoms with Gasteiger partial charge >= 0.3 is 11.9 Å². The average Bonchev–Trinajstić information content (AvgIpc) is 2.98. The molecule has 0 saturated carbocycles. The van der Waals surface area contributed by atoms with Crippen molar-refractivity contribution in [3.63, 3.8) is 0 Å². The van der Waals surface area contributed by atoms with Crippen molar-refractivity contribution in [2.24, 2.45) is 0 Å². The van der Waals surface area contributed by atoms with E-state index < -0.39 is 0 Å². The molecule has 0 aliphatic heterocycles. The molecule has 0 fully saturated rings. The number of ether oxygens (including phenoxy) is 2. The highest BCUT2D eigenvalue weighted by atomic mass is 16.5. The summed E-state index contributed by atoms with van der Waals surface area (Å²) in [7, 11) is 0. The van der Waals surface area contributed by atoms with Gasteiger partial charge in [-0.3, -0.25) is 9.59 Å². The molecule has 0 radical (unpaired) electrons. The first-order chi connectivity index (χ1) is 20.6. The van der Waals surface area contributed by atoms with Gasteiger partial charge in [0.05, 0.1) is 13.2 Å². The van der Waals surface area contributed by atoms with E-state index in [2.05, 4.69) is 25.7 Å². The van der Waals surface area contributed by atoms with Crippen LogP contribution in [-0.4, -0.2) is 60.9 Å². The van der Waals surface area contributed by atoms with E-state index in [-0.39, 0.29) is 24.6 Å². The lowest BCUT2D eigenvalue weighted by atomic mass is 10.0. The molecule has 0 aliphatic carbocycles. The minimum absolute atomic E-state index is 0.00465. The molecular formula is C36H71NO5. The Labute approximate surface area is 261 Å². The van der Waals surface area contributed by atoms with Gasteiger partial charge in [-0.1, -0.05) is 117 Å². The number of hydrogen-bond acceptors (Lipinski definition) is 6. The van der Waals surface area contributed by atoms with Crippen molar-refractivity contribution >= 4 is 11.9 Å². The zero-order chi connectivity index (χ0) is 30.9. The molecule has 6 nitrogen and oxygen atoms in total. The van der Waals surface area contributed by atoms with Crippen LogP contribution in [0.4, 0.5) is 0 Å². The summed E-state index contributed by atoms with van der Waals surface area (Å²) >= 11 is 0. The van der Waals surface area contributed by atoms with Crippen LogP contribution in [0.25, 0.3) is 0 Å². The van der Waals surface area contributed by atoms with Crippen molar-refractivity contribution in [2.75, 3.05) is 32.8 Å². The third-order valence-electron chi connectivity index (χ3n) is 8.20. The molecule has 0 spiro atoms. The number of aliphatic hydroxyl groups is 1. The molecular weight excluding hydrogens is 526 g/mol. The van der Waals surface area contributed by atoms with E-state index in [0.717, 1.165) is 83.7 Å². The second kappa shape index (κ2) is 32.8. The van der Waals surface area contributed by atoms with Gasteiger partial charge in [0.15, 0.2) is 0 Å². The molecule has 0 unspecified atom stereocenters. The predicted octanol–water partition coefficient (Wildman–Crippen LogP) is 9.55. The van der Waals surface area contributed by atoms with E-state index >= 15 is 0 Å². The highest BCUT2D eigenvalue weighted by molar-refractivity contribution is 5.69. The quantitative estimate of drug-likeness (QED) is 0.0600. The van der Waals surface area contributed by atoms with E-state index in [1.165, 1.54) is 77.0 Å². The van der Waals surface area contributed by atoms with Crippen molar-refractivity contribution in [3.8, 4) is 0 Å². The fourth-order valence-corrected chi connectivity index (χ4v) is 5.48. The van der Waals surface area contributed by atoms with E-state index in [9.17, 15) is 14.7 Å². The molecule has 1 N–H and O–H groups in total. The van der Waals surface area contributed by atoms with Gasteiger partial charge in [0, 0.05) is 19.4 Å². The number of carbonyl (C=O) groups excluding carboxylic acids is 2. The van der Waals surface area contributed by atoms with E-state index in [0.29, 0.717) is 26.0 Å². The van der Waals surface area contributed by atoms with E-state index in [1.807, 2.05) is 0 Å². The molecule has 0 heterocycles. The van der Waals surface area contributed by atoms with Crippen LogP contribution >= 0.6 is 0 Å². The van der Waals surface area contributed by atoms with Crippen LogP contribution in [0.5, 0.6) is 0 Å². The Morgan fingerprint density at radius 2 is 1.02 bits per heavy atom. The second-order valence-corrected chi connectivity index (χ2v) is 12.3. The predicted molar refractivity (Wildman–Crippen MR) is 177 cm³/mol.